The number of pyridine rings is 3. The molecule has 6 aromatic rings. The molecule has 0 aliphatic rings. The lowest BCUT2D eigenvalue weighted by molar-refractivity contribution is -0.116. The molecule has 0 saturated heterocycles. The van der Waals surface area contributed by atoms with E-state index in [1.54, 1.807) is 29.7 Å². The van der Waals surface area contributed by atoms with Crippen LogP contribution < -0.4 is 5.32 Å². The summed E-state index contributed by atoms with van der Waals surface area (Å²) in [6.07, 6.45) is 6.78. The molecule has 39 heavy (non-hydrogen) atoms. The average Bonchev–Trinajstić information content (AvgIpc) is 3.51. The number of carbonyl (C=O) groups excluding carboxylic acids is 1. The van der Waals surface area contributed by atoms with E-state index in [0.717, 1.165) is 50.0 Å². The summed E-state index contributed by atoms with van der Waals surface area (Å²) in [7, 11) is 3.67. The zero-order chi connectivity index (χ0) is 27.1. The van der Waals surface area contributed by atoms with Crippen LogP contribution in [0.5, 0.6) is 0 Å². The van der Waals surface area contributed by atoms with Crippen molar-refractivity contribution in [2.75, 3.05) is 26.0 Å². The van der Waals surface area contributed by atoms with Crippen molar-refractivity contribution in [2.24, 2.45) is 0 Å². The number of aromatic nitrogens is 6. The monoisotopic (exact) mass is 520 g/mol. The third kappa shape index (κ3) is 4.85. The topological polar surface area (TPSA) is 115 Å². The van der Waals surface area contributed by atoms with E-state index in [4.69, 9.17) is 0 Å². The van der Waals surface area contributed by atoms with E-state index in [-0.39, 0.29) is 18.3 Å². The number of H-pyrrole nitrogens is 2. The number of carbonyl (C=O) groups is 1. The summed E-state index contributed by atoms with van der Waals surface area (Å²) in [4.78, 5) is 30.7. The third-order valence-electron chi connectivity index (χ3n) is 6.38. The van der Waals surface area contributed by atoms with Gasteiger partial charge in [-0.05, 0) is 74.1 Å². The number of benzene rings is 1. The minimum absolute atomic E-state index is 0.121. The first-order chi connectivity index (χ1) is 18.8. The minimum atomic E-state index is -0.278. The molecule has 0 fully saturated rings. The normalized spacial score (nSPS) is 11.5. The Bertz CT molecular complexity index is 1840. The van der Waals surface area contributed by atoms with Gasteiger partial charge in [-0.3, -0.25) is 14.9 Å². The average molecular weight is 521 g/mol. The van der Waals surface area contributed by atoms with Gasteiger partial charge in [-0.15, -0.1) is 0 Å². The largest absolute Gasteiger partial charge is 0.338 e. The second-order valence-electron chi connectivity index (χ2n) is 9.76. The van der Waals surface area contributed by atoms with Crippen molar-refractivity contribution in [3.05, 3.63) is 78.6 Å². The van der Waals surface area contributed by atoms with Gasteiger partial charge in [0.15, 0.2) is 5.65 Å². The lowest BCUT2D eigenvalue weighted by Crippen LogP contribution is -2.27. The van der Waals surface area contributed by atoms with Crippen LogP contribution in [0.1, 0.15) is 5.56 Å². The lowest BCUT2D eigenvalue weighted by Gasteiger charge is -2.10. The van der Waals surface area contributed by atoms with Crippen LogP contribution in [0.2, 0.25) is 0 Å². The van der Waals surface area contributed by atoms with Gasteiger partial charge >= 0.3 is 0 Å². The summed E-state index contributed by atoms with van der Waals surface area (Å²) in [6, 6.07) is 12.7. The van der Waals surface area contributed by atoms with Gasteiger partial charge < -0.3 is 15.2 Å². The van der Waals surface area contributed by atoms with E-state index >= 15 is 0 Å². The fourth-order valence-electron chi connectivity index (χ4n) is 4.72. The summed E-state index contributed by atoms with van der Waals surface area (Å²) >= 11 is 0. The van der Waals surface area contributed by atoms with Gasteiger partial charge in [0.2, 0.25) is 5.91 Å². The molecule has 0 radical (unpaired) electrons. The second-order valence-corrected chi connectivity index (χ2v) is 9.76. The molecule has 0 aliphatic heterocycles. The van der Waals surface area contributed by atoms with Gasteiger partial charge in [0, 0.05) is 40.5 Å². The molecular weight excluding hydrogens is 495 g/mol. The van der Waals surface area contributed by atoms with Crippen LogP contribution in [0.15, 0.2) is 67.3 Å². The van der Waals surface area contributed by atoms with Gasteiger partial charge in [0.25, 0.3) is 0 Å². The molecule has 9 nitrogen and oxygen atoms in total. The number of hydrogen-bond acceptors (Lipinski definition) is 6. The molecule has 0 aliphatic carbocycles. The number of rotatable bonds is 6. The number of aromatic amines is 2. The van der Waals surface area contributed by atoms with Crippen molar-refractivity contribution in [3.63, 3.8) is 0 Å². The Morgan fingerprint density at radius 1 is 0.974 bits per heavy atom. The fourth-order valence-corrected chi connectivity index (χ4v) is 4.72. The van der Waals surface area contributed by atoms with Gasteiger partial charge in [-0.1, -0.05) is 6.07 Å². The molecule has 194 valence electrons. The van der Waals surface area contributed by atoms with Crippen molar-refractivity contribution >= 4 is 33.7 Å². The van der Waals surface area contributed by atoms with E-state index in [9.17, 15) is 9.18 Å². The smallest absolute Gasteiger partial charge is 0.238 e. The van der Waals surface area contributed by atoms with Crippen LogP contribution in [0.3, 0.4) is 0 Å². The first-order valence-electron chi connectivity index (χ1n) is 12.3. The first-order valence-corrected chi connectivity index (χ1v) is 12.3. The zero-order valence-electron chi connectivity index (χ0n) is 21.6. The van der Waals surface area contributed by atoms with Crippen molar-refractivity contribution in [3.8, 4) is 33.6 Å². The van der Waals surface area contributed by atoms with E-state index in [1.165, 1.54) is 12.1 Å². The number of aryl methyl sites for hydroxylation is 1. The summed E-state index contributed by atoms with van der Waals surface area (Å²) in [6.45, 7) is 2.15. The Hall–Kier alpha value is -4.96. The quantitative estimate of drug-likeness (QED) is 0.279. The minimum Gasteiger partial charge on any atom is -0.338 e. The number of halogens is 1. The first kappa shape index (κ1) is 24.4. The van der Waals surface area contributed by atoms with Crippen molar-refractivity contribution < 1.29 is 9.18 Å². The van der Waals surface area contributed by atoms with E-state index < -0.39 is 0 Å². The highest BCUT2D eigenvalue weighted by Crippen LogP contribution is 2.34. The number of nitrogens with one attached hydrogen (secondary N) is 3. The van der Waals surface area contributed by atoms with E-state index in [0.29, 0.717) is 17.0 Å². The maximum absolute atomic E-state index is 14.2. The highest BCUT2D eigenvalue weighted by Gasteiger charge is 2.16. The molecule has 6 rings (SSSR count). The van der Waals surface area contributed by atoms with Gasteiger partial charge in [-0.2, -0.15) is 5.10 Å². The number of nitrogens with zero attached hydrogens (tertiary/aromatic N) is 5. The molecule has 3 N–H and O–H groups in total. The van der Waals surface area contributed by atoms with Crippen LogP contribution in [0.25, 0.3) is 55.7 Å². The van der Waals surface area contributed by atoms with E-state index in [1.807, 2.05) is 51.4 Å². The molecular formula is C29H25FN8O. The highest BCUT2D eigenvalue weighted by atomic mass is 19.1. The molecule has 1 amide bonds. The van der Waals surface area contributed by atoms with Crippen LogP contribution in [0, 0.1) is 12.7 Å². The van der Waals surface area contributed by atoms with Crippen LogP contribution in [-0.2, 0) is 4.79 Å². The zero-order valence-corrected chi connectivity index (χ0v) is 21.6. The maximum Gasteiger partial charge on any atom is 0.238 e. The van der Waals surface area contributed by atoms with Gasteiger partial charge in [0.05, 0.1) is 29.8 Å². The second kappa shape index (κ2) is 9.73. The predicted molar refractivity (Wildman–Crippen MR) is 150 cm³/mol. The van der Waals surface area contributed by atoms with Crippen LogP contribution in [0.4, 0.5) is 10.1 Å². The van der Waals surface area contributed by atoms with Gasteiger partial charge in [-0.25, -0.2) is 14.4 Å². The van der Waals surface area contributed by atoms with Crippen LogP contribution >= 0.6 is 0 Å². The lowest BCUT2D eigenvalue weighted by atomic mass is 10.0. The number of hydrogen-bond donors (Lipinski definition) is 3. The highest BCUT2D eigenvalue weighted by molar-refractivity contribution is 6.00. The molecule has 0 atom stereocenters. The maximum atomic E-state index is 14.2. The Morgan fingerprint density at radius 3 is 2.64 bits per heavy atom. The van der Waals surface area contributed by atoms with E-state index in [2.05, 4.69) is 35.5 Å². The number of anilines is 1. The fraction of sp³-hybridized carbons (Fsp3) is 0.138. The van der Waals surface area contributed by atoms with Crippen molar-refractivity contribution in [1.82, 2.24) is 35.0 Å². The molecule has 0 bridgehead atoms. The Balaban J connectivity index is 1.39. The third-order valence-corrected chi connectivity index (χ3v) is 6.38. The molecule has 0 saturated carbocycles. The molecule has 5 aromatic heterocycles. The molecule has 1 aromatic carbocycles. The summed E-state index contributed by atoms with van der Waals surface area (Å²) in [5.74, 6) is -0.399. The van der Waals surface area contributed by atoms with Gasteiger partial charge in [0.1, 0.15) is 11.5 Å². The van der Waals surface area contributed by atoms with Crippen molar-refractivity contribution in [1.29, 1.82) is 0 Å². The molecule has 0 spiro atoms. The standard InChI is InChI=1S/C29H25FN8O/c1-16-6-17(8-20(30)7-16)22-4-5-32-28-23(22)11-25(35-28)27-24-10-19(13-33-29(24)37-36-27)18-9-21(14-31-12-18)34-26(39)15-38(2)3/h4-14H,15H2,1-3H3,(H,32,35)(H,34,39)(H,33,36,37). The Kier molecular flexibility index (Phi) is 6.08. The number of amides is 1. The summed E-state index contributed by atoms with van der Waals surface area (Å²) in [5.41, 5.74) is 7.53. The van der Waals surface area contributed by atoms with Crippen molar-refractivity contribution in [2.45, 2.75) is 6.92 Å². The SMILES string of the molecule is Cc1cc(F)cc(-c2ccnc3[nH]c(-c4[nH]nc5ncc(-c6cncc(NC(=O)CN(C)C)c6)cc45)cc23)c1. The Labute approximate surface area is 223 Å². The predicted octanol–water partition coefficient (Wildman–Crippen LogP) is 5.18. The molecule has 0 unspecified atom stereocenters. The number of likely N-dealkylation sites (N-methyl/N-ethyl adjacent to an activating group) is 1. The number of fused-ring (bicyclic) bond motifs is 2. The Morgan fingerprint density at radius 2 is 1.82 bits per heavy atom. The summed E-state index contributed by atoms with van der Waals surface area (Å²) < 4.78 is 14.2. The molecule has 10 heteroatoms. The summed E-state index contributed by atoms with van der Waals surface area (Å²) in [5, 5.41) is 12.0. The molecule has 5 heterocycles. The van der Waals surface area contributed by atoms with Crippen LogP contribution in [-0.4, -0.2) is 61.6 Å².